The molecule has 9 heteroatoms. The van der Waals surface area contributed by atoms with Crippen molar-refractivity contribution in [3.05, 3.63) is 0 Å². The fourth-order valence-corrected chi connectivity index (χ4v) is 3.46. The number of urea groups is 1. The second-order valence-corrected chi connectivity index (χ2v) is 6.17. The van der Waals surface area contributed by atoms with E-state index in [0.717, 1.165) is 10.7 Å². The summed E-state index contributed by atoms with van der Waals surface area (Å²) < 4.78 is 0. The average molecular weight is 315 g/mol. The maximum atomic E-state index is 12.2. The van der Waals surface area contributed by atoms with Crippen LogP contribution in [0.15, 0.2) is 0 Å². The second-order valence-electron chi connectivity index (χ2n) is 5.02. The van der Waals surface area contributed by atoms with Gasteiger partial charge in [0.25, 0.3) is 5.91 Å². The number of aliphatic carboxylic acids is 1. The fraction of sp³-hybridized carbons (Fsp3) is 0.667. The molecule has 2 rings (SSSR count). The highest BCUT2D eigenvalue weighted by Crippen LogP contribution is 2.20. The van der Waals surface area contributed by atoms with Crippen molar-refractivity contribution in [2.24, 2.45) is 0 Å². The molecule has 0 spiro atoms. The summed E-state index contributed by atoms with van der Waals surface area (Å²) in [6, 6.07) is -1.73. The number of hydrogen-bond donors (Lipinski definition) is 2. The van der Waals surface area contributed by atoms with Crippen LogP contribution in [-0.4, -0.2) is 75.9 Å². The van der Waals surface area contributed by atoms with E-state index < -0.39 is 30.0 Å². The van der Waals surface area contributed by atoms with Crippen LogP contribution in [0.25, 0.3) is 0 Å². The number of thioether (sulfide) groups is 1. The second kappa shape index (κ2) is 6.33. The lowest BCUT2D eigenvalue weighted by Gasteiger charge is -2.35. The largest absolute Gasteiger partial charge is 0.481 e. The smallest absolute Gasteiger partial charge is 0.318 e. The Labute approximate surface area is 125 Å². The Balaban J connectivity index is 1.99. The molecule has 2 heterocycles. The number of rotatable bonds is 3. The van der Waals surface area contributed by atoms with Gasteiger partial charge in [-0.1, -0.05) is 0 Å². The van der Waals surface area contributed by atoms with Gasteiger partial charge >= 0.3 is 12.0 Å². The average Bonchev–Trinajstić information content (AvgIpc) is 2.66. The number of nitrogens with zero attached hydrogens (tertiary/aromatic N) is 2. The van der Waals surface area contributed by atoms with Crippen molar-refractivity contribution in [3.8, 4) is 0 Å². The summed E-state index contributed by atoms with van der Waals surface area (Å²) in [5, 5.41) is 11.4. The zero-order chi connectivity index (χ0) is 15.6. The van der Waals surface area contributed by atoms with Crippen LogP contribution in [0.3, 0.4) is 0 Å². The maximum absolute atomic E-state index is 12.2. The Bertz CT molecular complexity index is 484. The maximum Gasteiger partial charge on any atom is 0.318 e. The van der Waals surface area contributed by atoms with Crippen LogP contribution in [0.1, 0.15) is 12.8 Å². The molecule has 2 N–H and O–H groups in total. The van der Waals surface area contributed by atoms with Crippen LogP contribution < -0.4 is 5.32 Å². The van der Waals surface area contributed by atoms with Gasteiger partial charge in [-0.3, -0.25) is 19.3 Å². The first-order chi connectivity index (χ1) is 9.90. The molecule has 0 aromatic rings. The van der Waals surface area contributed by atoms with Crippen molar-refractivity contribution in [2.75, 3.05) is 25.1 Å². The van der Waals surface area contributed by atoms with E-state index >= 15 is 0 Å². The first-order valence-corrected chi connectivity index (χ1v) is 7.72. The third-order valence-electron chi connectivity index (χ3n) is 3.58. The first kappa shape index (κ1) is 15.6. The molecule has 2 aliphatic heterocycles. The topological polar surface area (TPSA) is 107 Å². The molecule has 0 aliphatic carbocycles. The van der Waals surface area contributed by atoms with E-state index in [1.807, 2.05) is 0 Å². The van der Waals surface area contributed by atoms with E-state index in [9.17, 15) is 19.2 Å². The summed E-state index contributed by atoms with van der Waals surface area (Å²) in [6.45, 7) is 0.430. The molecule has 2 aliphatic rings. The number of nitrogens with one attached hydrogen (secondary N) is 1. The van der Waals surface area contributed by atoms with Gasteiger partial charge in [0.1, 0.15) is 6.04 Å². The number of carboxylic acids is 1. The fourth-order valence-electron chi connectivity index (χ4n) is 2.39. The Kier molecular flexibility index (Phi) is 4.71. The van der Waals surface area contributed by atoms with Crippen molar-refractivity contribution < 1.29 is 24.3 Å². The Morgan fingerprint density at radius 3 is 2.71 bits per heavy atom. The van der Waals surface area contributed by atoms with E-state index in [-0.39, 0.29) is 18.7 Å². The summed E-state index contributed by atoms with van der Waals surface area (Å²) >= 11 is 1.60. The molecular weight excluding hydrogens is 298 g/mol. The lowest BCUT2D eigenvalue weighted by Crippen LogP contribution is -2.54. The molecule has 0 saturated carbocycles. The number of imide groups is 1. The summed E-state index contributed by atoms with van der Waals surface area (Å²) in [4.78, 5) is 48.7. The molecule has 2 unspecified atom stereocenters. The molecule has 2 fully saturated rings. The molecule has 8 nitrogen and oxygen atoms in total. The highest BCUT2D eigenvalue weighted by Gasteiger charge is 2.39. The number of carboxylic acid groups (broad SMARTS) is 1. The molecule has 0 aromatic carbocycles. The summed E-state index contributed by atoms with van der Waals surface area (Å²) in [5.41, 5.74) is 0. The molecule has 0 radical (unpaired) electrons. The molecule has 2 saturated heterocycles. The third kappa shape index (κ3) is 3.46. The van der Waals surface area contributed by atoms with Gasteiger partial charge in [0, 0.05) is 25.1 Å². The van der Waals surface area contributed by atoms with Crippen molar-refractivity contribution in [1.29, 1.82) is 0 Å². The van der Waals surface area contributed by atoms with Gasteiger partial charge in [0.05, 0.1) is 18.9 Å². The highest BCUT2D eigenvalue weighted by atomic mass is 32.2. The molecule has 116 valence electrons. The van der Waals surface area contributed by atoms with Gasteiger partial charge in [-0.05, 0) is 0 Å². The van der Waals surface area contributed by atoms with Gasteiger partial charge in [-0.15, -0.1) is 0 Å². The Hall–Kier alpha value is -1.77. The minimum Gasteiger partial charge on any atom is -0.481 e. The van der Waals surface area contributed by atoms with E-state index in [4.69, 9.17) is 5.11 Å². The lowest BCUT2D eigenvalue weighted by molar-refractivity contribution is -0.139. The molecule has 0 aromatic heterocycles. The van der Waals surface area contributed by atoms with Crippen LogP contribution in [-0.2, 0) is 14.4 Å². The summed E-state index contributed by atoms with van der Waals surface area (Å²) in [7, 11) is 1.38. The van der Waals surface area contributed by atoms with E-state index in [2.05, 4.69) is 5.32 Å². The van der Waals surface area contributed by atoms with Crippen molar-refractivity contribution >= 4 is 35.6 Å². The van der Waals surface area contributed by atoms with Gasteiger partial charge in [0.2, 0.25) is 5.91 Å². The standard InChI is InChI=1S/C12H17N3O5S/c1-14-9(16)5-8(11(14)19)13-12(20)15-2-3-21-6-7(15)4-10(17)18/h7-8H,2-6H2,1H3,(H,13,20)(H,17,18). The normalized spacial score (nSPS) is 26.1. The molecule has 21 heavy (non-hydrogen) atoms. The minimum absolute atomic E-state index is 0.0484. The monoisotopic (exact) mass is 315 g/mol. The Morgan fingerprint density at radius 1 is 1.43 bits per heavy atom. The predicted molar refractivity (Wildman–Crippen MR) is 74.8 cm³/mol. The first-order valence-electron chi connectivity index (χ1n) is 6.57. The number of carbonyl (C=O) groups excluding carboxylic acids is 3. The van der Waals surface area contributed by atoms with Crippen LogP contribution in [0.4, 0.5) is 4.79 Å². The van der Waals surface area contributed by atoms with Crippen LogP contribution in [0.5, 0.6) is 0 Å². The number of likely N-dealkylation sites (N-methyl/N-ethyl adjacent to an activating group) is 1. The van der Waals surface area contributed by atoms with Crippen LogP contribution >= 0.6 is 11.8 Å². The SMILES string of the molecule is CN1C(=O)CC(NC(=O)N2CCSCC2CC(=O)O)C1=O. The zero-order valence-electron chi connectivity index (χ0n) is 11.6. The summed E-state index contributed by atoms with van der Waals surface area (Å²) in [5.74, 6) is -0.457. The van der Waals surface area contributed by atoms with Crippen molar-refractivity contribution in [1.82, 2.24) is 15.1 Å². The Morgan fingerprint density at radius 2 is 2.14 bits per heavy atom. The summed E-state index contributed by atoms with van der Waals surface area (Å²) in [6.07, 6.45) is -0.175. The van der Waals surface area contributed by atoms with Crippen molar-refractivity contribution in [2.45, 2.75) is 24.9 Å². The van der Waals surface area contributed by atoms with Crippen molar-refractivity contribution in [3.63, 3.8) is 0 Å². The predicted octanol–water partition coefficient (Wildman–Crippen LogP) is -0.655. The number of carbonyl (C=O) groups is 4. The molecular formula is C12H17N3O5S. The third-order valence-corrected chi connectivity index (χ3v) is 4.67. The van der Waals surface area contributed by atoms with Gasteiger partial charge in [-0.2, -0.15) is 11.8 Å². The number of likely N-dealkylation sites (tertiary alicyclic amines) is 1. The van der Waals surface area contributed by atoms with Gasteiger partial charge < -0.3 is 15.3 Å². The minimum atomic E-state index is -0.966. The van der Waals surface area contributed by atoms with Crippen LogP contribution in [0, 0.1) is 0 Å². The number of amides is 4. The molecule has 4 amide bonds. The van der Waals surface area contributed by atoms with Gasteiger partial charge in [0.15, 0.2) is 0 Å². The van der Waals surface area contributed by atoms with E-state index in [1.165, 1.54) is 11.9 Å². The zero-order valence-corrected chi connectivity index (χ0v) is 12.4. The van der Waals surface area contributed by atoms with E-state index in [0.29, 0.717) is 12.3 Å². The van der Waals surface area contributed by atoms with Gasteiger partial charge in [-0.25, -0.2) is 4.79 Å². The van der Waals surface area contributed by atoms with Crippen LogP contribution in [0.2, 0.25) is 0 Å². The van der Waals surface area contributed by atoms with E-state index in [1.54, 1.807) is 11.8 Å². The lowest BCUT2D eigenvalue weighted by atomic mass is 10.2. The molecule has 0 bridgehead atoms. The quantitative estimate of drug-likeness (QED) is 0.670. The highest BCUT2D eigenvalue weighted by molar-refractivity contribution is 7.99. The number of hydrogen-bond acceptors (Lipinski definition) is 5. The molecule has 2 atom stereocenters.